The highest BCUT2D eigenvalue weighted by Gasteiger charge is 2.35. The van der Waals surface area contributed by atoms with Crippen LogP contribution in [-0.4, -0.2) is 83.0 Å². The molecule has 0 spiro atoms. The summed E-state index contributed by atoms with van der Waals surface area (Å²) >= 11 is 0. The summed E-state index contributed by atoms with van der Waals surface area (Å²) in [4.78, 5) is 0. The van der Waals surface area contributed by atoms with Gasteiger partial charge >= 0.3 is 0 Å². The first-order valence-corrected chi connectivity index (χ1v) is 21.5. The maximum absolute atomic E-state index is 11.1. The quantitative estimate of drug-likeness (QED) is 0.286. The van der Waals surface area contributed by atoms with Crippen molar-refractivity contribution < 1.29 is 27.7 Å². The first-order chi connectivity index (χ1) is 23.1. The Kier molecular flexibility index (Phi) is 19.5. The Morgan fingerprint density at radius 1 is 0.608 bits per heavy atom. The third kappa shape index (κ3) is 20.9. The van der Waals surface area contributed by atoms with Crippen molar-refractivity contribution in [3.63, 3.8) is 0 Å². The fourth-order valence-electron chi connectivity index (χ4n) is 6.85. The largest absolute Gasteiger partial charge is 0.390 e. The van der Waals surface area contributed by atoms with Crippen molar-refractivity contribution in [1.82, 2.24) is 0 Å². The molecule has 302 valence electrons. The number of hydrogen-bond acceptors (Lipinski definition) is 9. The highest BCUT2D eigenvalue weighted by atomic mass is 32.2. The lowest BCUT2D eigenvalue weighted by Crippen LogP contribution is -2.31. The lowest BCUT2D eigenvalue weighted by Gasteiger charge is -2.33. The summed E-state index contributed by atoms with van der Waals surface area (Å²) in [5, 5.41) is 20.6. The third-order valence-electron chi connectivity index (χ3n) is 10.8. The van der Waals surface area contributed by atoms with Gasteiger partial charge < -0.3 is 19.3 Å². The topological polar surface area (TPSA) is 119 Å². The standard InChI is InChI=1S/C9H18O2S.C9H18O.C8H16O2.C8H16O.C7H13N3/c1-9(2,3)8-4-6-12(10,11)7-5-8;1-9(2,3)8-4-6-10-7-5-8;1-8(2,3)6-4-10-5-7(6)9;1-8(2,3)7-4-5-9-6-7;1-7(2,3)4-6-5-8-10-9-6/h8H,4-7H2,1-3H3;8H,4-7H2,1-3H3;6-7,9H,4-5H2,1-3H3;7H,4-6H2,1-3H3;4-5H2,1-3H3. The van der Waals surface area contributed by atoms with Gasteiger partial charge in [0.25, 0.3) is 0 Å². The number of ether oxygens (including phenoxy) is 3. The van der Waals surface area contributed by atoms with Crippen LogP contribution in [0.5, 0.6) is 0 Å². The van der Waals surface area contributed by atoms with Crippen LogP contribution in [0, 0.1) is 50.7 Å². The lowest BCUT2D eigenvalue weighted by molar-refractivity contribution is 0.0286. The zero-order chi connectivity index (χ0) is 39.3. The highest BCUT2D eigenvalue weighted by Crippen LogP contribution is 2.36. The van der Waals surface area contributed by atoms with Gasteiger partial charge in [0.2, 0.25) is 0 Å². The highest BCUT2D eigenvalue weighted by molar-refractivity contribution is 7.91. The van der Waals surface area contributed by atoms with Crippen LogP contribution in [0.25, 0.3) is 0 Å². The van der Waals surface area contributed by atoms with E-state index in [4.69, 9.17) is 14.2 Å². The molecule has 0 radical (unpaired) electrons. The Morgan fingerprint density at radius 3 is 1.37 bits per heavy atom. The average Bonchev–Trinajstić information content (AvgIpc) is 3.76. The van der Waals surface area contributed by atoms with Crippen LogP contribution in [-0.2, 0) is 24.0 Å². The second kappa shape index (κ2) is 20.7. The smallest absolute Gasteiger partial charge is 0.150 e. The molecule has 4 fully saturated rings. The van der Waals surface area contributed by atoms with E-state index >= 15 is 0 Å². The maximum Gasteiger partial charge on any atom is 0.150 e. The molecule has 0 bridgehead atoms. The molecule has 0 aliphatic carbocycles. The fourth-order valence-corrected chi connectivity index (χ4v) is 8.34. The van der Waals surface area contributed by atoms with E-state index in [1.165, 1.54) is 19.3 Å². The van der Waals surface area contributed by atoms with Crippen LogP contribution in [0.3, 0.4) is 0 Å². The third-order valence-corrected chi connectivity index (χ3v) is 12.5. The second-order valence-corrected chi connectivity index (χ2v) is 23.1. The van der Waals surface area contributed by atoms with Gasteiger partial charge in [0.1, 0.15) is 16.4 Å². The Hall–Kier alpha value is -0.940. The molecular weight excluding hydrogens is 663 g/mol. The number of aliphatic hydroxyl groups is 1. The molecule has 0 aromatic rings. The number of rotatable bonds is 1. The van der Waals surface area contributed by atoms with Gasteiger partial charge in [-0.1, -0.05) is 104 Å². The molecule has 1 N–H and O–H groups in total. The van der Waals surface area contributed by atoms with E-state index in [-0.39, 0.29) is 16.9 Å². The summed E-state index contributed by atoms with van der Waals surface area (Å²) in [6, 6.07) is 0. The SMILES string of the molecule is CC(C)(C)C1CCOC1.CC(C)(C)C1CCOCC1.CC(C)(C)C1CCS(=O)(=O)CC1.CC(C)(C)C1COCC1O.CC(C)(C)CC1=NN=NC1. The minimum Gasteiger partial charge on any atom is -0.390 e. The lowest BCUT2D eigenvalue weighted by atomic mass is 9.76. The molecule has 5 aliphatic heterocycles. The summed E-state index contributed by atoms with van der Waals surface area (Å²) in [5.74, 6) is 3.36. The van der Waals surface area contributed by atoms with E-state index in [2.05, 4.69) is 119 Å². The Labute approximate surface area is 314 Å². The monoisotopic (exact) mass is 744 g/mol. The number of nitrogens with zero attached hydrogens (tertiary/aromatic N) is 3. The Morgan fingerprint density at radius 2 is 1.08 bits per heavy atom. The van der Waals surface area contributed by atoms with Gasteiger partial charge in [0.05, 0.1) is 36.5 Å². The fraction of sp³-hybridized carbons (Fsp3) is 0.976. The molecule has 3 atom stereocenters. The molecule has 51 heavy (non-hydrogen) atoms. The van der Waals surface area contributed by atoms with E-state index < -0.39 is 9.84 Å². The average molecular weight is 744 g/mol. The normalized spacial score (nSPS) is 26.0. The van der Waals surface area contributed by atoms with Crippen molar-refractivity contribution in [1.29, 1.82) is 0 Å². The van der Waals surface area contributed by atoms with Gasteiger partial charge in [0.15, 0.2) is 0 Å². The van der Waals surface area contributed by atoms with Gasteiger partial charge in [-0.05, 0) is 88.6 Å². The zero-order valence-electron chi connectivity index (χ0n) is 35.7. The van der Waals surface area contributed by atoms with Crippen molar-refractivity contribution in [2.24, 2.45) is 66.2 Å². The van der Waals surface area contributed by atoms with Gasteiger partial charge in [-0.25, -0.2) is 8.42 Å². The molecule has 0 aromatic carbocycles. The summed E-state index contributed by atoms with van der Waals surface area (Å²) in [5.41, 5.74) is 2.81. The van der Waals surface area contributed by atoms with Crippen LogP contribution >= 0.6 is 0 Å². The van der Waals surface area contributed by atoms with Gasteiger partial charge in [0, 0.05) is 32.3 Å². The molecule has 9 nitrogen and oxygen atoms in total. The van der Waals surface area contributed by atoms with E-state index in [1.807, 2.05) is 0 Å². The molecule has 3 unspecified atom stereocenters. The minimum absolute atomic E-state index is 0.177. The van der Waals surface area contributed by atoms with Crippen LogP contribution in [0.4, 0.5) is 0 Å². The summed E-state index contributed by atoms with van der Waals surface area (Å²) in [7, 11) is -2.68. The first kappa shape index (κ1) is 48.1. The van der Waals surface area contributed by atoms with Crippen molar-refractivity contribution in [3.8, 4) is 0 Å². The predicted molar refractivity (Wildman–Crippen MR) is 213 cm³/mol. The summed E-state index contributed by atoms with van der Waals surface area (Å²) in [6.07, 6.45) is 6.22. The molecule has 4 saturated heterocycles. The number of sulfone groups is 1. The molecular formula is C41H81N3O6S. The van der Waals surface area contributed by atoms with Crippen molar-refractivity contribution in [3.05, 3.63) is 0 Å². The van der Waals surface area contributed by atoms with E-state index in [0.717, 1.165) is 63.2 Å². The van der Waals surface area contributed by atoms with Crippen LogP contribution in [0.15, 0.2) is 15.4 Å². The zero-order valence-corrected chi connectivity index (χ0v) is 36.5. The van der Waals surface area contributed by atoms with Crippen molar-refractivity contribution in [2.45, 2.75) is 148 Å². The van der Waals surface area contributed by atoms with Crippen LogP contribution in [0.2, 0.25) is 0 Å². The Bertz CT molecular complexity index is 1120. The molecule has 5 rings (SSSR count). The van der Waals surface area contributed by atoms with E-state index in [9.17, 15) is 13.5 Å². The molecule has 0 saturated carbocycles. The molecule has 5 aliphatic rings. The predicted octanol–water partition coefficient (Wildman–Crippen LogP) is 9.67. The van der Waals surface area contributed by atoms with Crippen molar-refractivity contribution >= 4 is 15.5 Å². The molecule has 10 heteroatoms. The van der Waals surface area contributed by atoms with Crippen LogP contribution < -0.4 is 0 Å². The summed E-state index contributed by atoms with van der Waals surface area (Å²) < 4.78 is 38.0. The molecule has 5 heterocycles. The maximum atomic E-state index is 11.1. The van der Waals surface area contributed by atoms with Crippen molar-refractivity contribution in [2.75, 3.05) is 57.7 Å². The van der Waals surface area contributed by atoms with E-state index in [0.29, 0.717) is 59.3 Å². The van der Waals surface area contributed by atoms with Crippen LogP contribution in [0.1, 0.15) is 142 Å². The second-order valence-electron chi connectivity index (χ2n) is 20.8. The molecule has 0 amide bonds. The Balaban J connectivity index is 0.000000320. The summed E-state index contributed by atoms with van der Waals surface area (Å²) in [6.45, 7) is 39.2. The van der Waals surface area contributed by atoms with Gasteiger partial charge in [-0.15, -0.1) is 5.10 Å². The first-order valence-electron chi connectivity index (χ1n) is 19.7. The number of aliphatic hydroxyl groups excluding tert-OH is 1. The van der Waals surface area contributed by atoms with E-state index in [1.54, 1.807) is 0 Å². The molecule has 0 aromatic heterocycles. The minimum atomic E-state index is -2.68. The van der Waals surface area contributed by atoms with Gasteiger partial charge in [-0.3, -0.25) is 0 Å². The number of hydrogen-bond donors (Lipinski definition) is 1. The van der Waals surface area contributed by atoms with Gasteiger partial charge in [-0.2, -0.15) is 5.11 Å².